The van der Waals surface area contributed by atoms with E-state index < -0.39 is 10.0 Å². The highest BCUT2D eigenvalue weighted by Gasteiger charge is 2.26. The molecule has 8 heteroatoms. The largest absolute Gasteiger partial charge is 0.352 e. The van der Waals surface area contributed by atoms with Crippen molar-refractivity contribution in [2.45, 2.75) is 49.5 Å². The molecule has 0 atom stereocenters. The van der Waals surface area contributed by atoms with Gasteiger partial charge in [-0.3, -0.25) is 9.59 Å². The topological polar surface area (TPSA) is 86.8 Å². The summed E-state index contributed by atoms with van der Waals surface area (Å²) >= 11 is 0. The third-order valence-corrected chi connectivity index (χ3v) is 6.89. The Labute approximate surface area is 160 Å². The molecule has 0 spiro atoms. The molecule has 0 unspecified atom stereocenters. The van der Waals surface area contributed by atoms with E-state index in [1.165, 1.54) is 33.5 Å². The van der Waals surface area contributed by atoms with Crippen LogP contribution in [0.2, 0.25) is 0 Å². The van der Waals surface area contributed by atoms with E-state index in [-0.39, 0.29) is 29.3 Å². The lowest BCUT2D eigenvalue weighted by atomic mass is 10.2. The van der Waals surface area contributed by atoms with Crippen molar-refractivity contribution in [1.29, 1.82) is 0 Å². The second kappa shape index (κ2) is 8.39. The van der Waals surface area contributed by atoms with E-state index in [0.29, 0.717) is 18.7 Å². The van der Waals surface area contributed by atoms with Gasteiger partial charge in [0.1, 0.15) is 0 Å². The van der Waals surface area contributed by atoms with Crippen LogP contribution in [-0.2, 0) is 14.8 Å². The Balaban J connectivity index is 1.64. The minimum Gasteiger partial charge on any atom is -0.352 e. The van der Waals surface area contributed by atoms with Crippen molar-refractivity contribution in [2.24, 2.45) is 0 Å². The molecule has 1 aliphatic heterocycles. The second-order valence-corrected chi connectivity index (χ2v) is 9.28. The molecule has 0 radical (unpaired) electrons. The fraction of sp³-hybridized carbons (Fsp3) is 0.579. The first kappa shape index (κ1) is 19.8. The molecular formula is C19H27N3O4S. The Morgan fingerprint density at radius 2 is 1.67 bits per heavy atom. The van der Waals surface area contributed by atoms with Gasteiger partial charge in [-0.25, -0.2) is 8.42 Å². The van der Waals surface area contributed by atoms with E-state index in [2.05, 4.69) is 5.32 Å². The first-order chi connectivity index (χ1) is 12.9. The van der Waals surface area contributed by atoms with Crippen molar-refractivity contribution in [3.63, 3.8) is 0 Å². The average molecular weight is 394 g/mol. The maximum atomic E-state index is 12.8. The SMILES string of the molecule is CN(CC(=O)NC1CC1)C(=O)c1ccc(S(=O)(=O)N2CCCCCC2)cc1. The quantitative estimate of drug-likeness (QED) is 0.795. The number of benzene rings is 1. The molecule has 0 aromatic heterocycles. The number of rotatable bonds is 6. The Hall–Kier alpha value is -1.93. The summed E-state index contributed by atoms with van der Waals surface area (Å²) in [6.45, 7) is 1.08. The molecule has 7 nitrogen and oxygen atoms in total. The van der Waals surface area contributed by atoms with Crippen LogP contribution in [0.1, 0.15) is 48.9 Å². The van der Waals surface area contributed by atoms with E-state index in [1.54, 1.807) is 7.05 Å². The van der Waals surface area contributed by atoms with Gasteiger partial charge in [-0.1, -0.05) is 12.8 Å². The highest BCUT2D eigenvalue weighted by atomic mass is 32.2. The summed E-state index contributed by atoms with van der Waals surface area (Å²) in [4.78, 5) is 25.9. The van der Waals surface area contributed by atoms with E-state index in [1.807, 2.05) is 0 Å². The number of nitrogens with zero attached hydrogens (tertiary/aromatic N) is 2. The van der Waals surface area contributed by atoms with Crippen molar-refractivity contribution in [3.8, 4) is 0 Å². The highest BCUT2D eigenvalue weighted by molar-refractivity contribution is 7.89. The molecule has 2 fully saturated rings. The normalized spacial score (nSPS) is 18.6. The Kier molecular flexibility index (Phi) is 6.16. The fourth-order valence-electron chi connectivity index (χ4n) is 3.21. The monoisotopic (exact) mass is 393 g/mol. The van der Waals surface area contributed by atoms with Gasteiger partial charge in [0.05, 0.1) is 11.4 Å². The maximum Gasteiger partial charge on any atom is 0.254 e. The Morgan fingerprint density at radius 3 is 2.22 bits per heavy atom. The predicted molar refractivity (Wildman–Crippen MR) is 102 cm³/mol. The molecular weight excluding hydrogens is 366 g/mol. The molecule has 2 amide bonds. The van der Waals surface area contributed by atoms with Gasteiger partial charge in [-0.15, -0.1) is 0 Å². The molecule has 1 saturated carbocycles. The zero-order valence-corrected chi connectivity index (χ0v) is 16.5. The highest BCUT2D eigenvalue weighted by Crippen LogP contribution is 2.21. The van der Waals surface area contributed by atoms with Gasteiger partial charge in [0.25, 0.3) is 5.91 Å². The molecule has 1 aromatic rings. The van der Waals surface area contributed by atoms with Crippen LogP contribution in [0.5, 0.6) is 0 Å². The smallest absolute Gasteiger partial charge is 0.254 e. The van der Waals surface area contributed by atoms with E-state index in [9.17, 15) is 18.0 Å². The fourth-order valence-corrected chi connectivity index (χ4v) is 4.73. The van der Waals surface area contributed by atoms with Gasteiger partial charge in [-0.05, 0) is 49.9 Å². The zero-order chi connectivity index (χ0) is 19.4. The average Bonchev–Trinajstić information content (AvgIpc) is 3.47. The summed E-state index contributed by atoms with van der Waals surface area (Å²) in [5.41, 5.74) is 0.367. The van der Waals surface area contributed by atoms with Gasteiger partial charge in [0, 0.05) is 31.7 Å². The van der Waals surface area contributed by atoms with Crippen molar-refractivity contribution in [3.05, 3.63) is 29.8 Å². The van der Waals surface area contributed by atoms with Crippen molar-refractivity contribution in [2.75, 3.05) is 26.7 Å². The number of nitrogens with one attached hydrogen (secondary N) is 1. The molecule has 3 rings (SSSR count). The van der Waals surface area contributed by atoms with Crippen LogP contribution in [0, 0.1) is 0 Å². The lowest BCUT2D eigenvalue weighted by Gasteiger charge is -2.20. The van der Waals surface area contributed by atoms with Crippen LogP contribution in [0.25, 0.3) is 0 Å². The minimum absolute atomic E-state index is 0.0108. The van der Waals surface area contributed by atoms with Crippen LogP contribution in [0.3, 0.4) is 0 Å². The van der Waals surface area contributed by atoms with Crippen LogP contribution >= 0.6 is 0 Å². The maximum absolute atomic E-state index is 12.8. The number of hydrogen-bond donors (Lipinski definition) is 1. The molecule has 1 saturated heterocycles. The molecule has 27 heavy (non-hydrogen) atoms. The van der Waals surface area contributed by atoms with Crippen LogP contribution < -0.4 is 5.32 Å². The van der Waals surface area contributed by atoms with Gasteiger partial charge in [0.15, 0.2) is 0 Å². The third kappa shape index (κ3) is 5.07. The lowest BCUT2D eigenvalue weighted by Crippen LogP contribution is -2.39. The Morgan fingerprint density at radius 1 is 1.07 bits per heavy atom. The number of likely N-dealkylation sites (N-methyl/N-ethyl adjacent to an activating group) is 1. The first-order valence-electron chi connectivity index (χ1n) is 9.53. The van der Waals surface area contributed by atoms with Gasteiger partial charge < -0.3 is 10.2 Å². The standard InChI is InChI=1S/C19H27N3O4S/c1-21(14-18(23)20-16-8-9-16)19(24)15-6-10-17(11-7-15)27(25,26)22-12-4-2-3-5-13-22/h6-7,10-11,16H,2-5,8-9,12-14H2,1H3,(H,20,23). The van der Waals surface area contributed by atoms with E-state index in [4.69, 9.17) is 0 Å². The van der Waals surface area contributed by atoms with Crippen molar-refractivity contribution >= 4 is 21.8 Å². The molecule has 148 valence electrons. The van der Waals surface area contributed by atoms with Gasteiger partial charge in [-0.2, -0.15) is 4.31 Å². The number of sulfonamides is 1. The molecule has 1 aromatic carbocycles. The Bertz CT molecular complexity index is 780. The van der Waals surface area contributed by atoms with Crippen LogP contribution in [0.15, 0.2) is 29.2 Å². The number of carbonyl (C=O) groups is 2. The van der Waals surface area contributed by atoms with E-state index in [0.717, 1.165) is 38.5 Å². The van der Waals surface area contributed by atoms with Gasteiger partial charge >= 0.3 is 0 Å². The summed E-state index contributed by atoms with van der Waals surface area (Å²) in [6, 6.07) is 6.24. The summed E-state index contributed by atoms with van der Waals surface area (Å²) in [6.07, 6.45) is 5.86. The number of carbonyl (C=O) groups excluding carboxylic acids is 2. The first-order valence-corrected chi connectivity index (χ1v) is 11.0. The summed E-state index contributed by atoms with van der Waals surface area (Å²) in [5, 5.41) is 2.84. The minimum atomic E-state index is -3.53. The molecule has 1 heterocycles. The van der Waals surface area contributed by atoms with Crippen LogP contribution in [0.4, 0.5) is 0 Å². The third-order valence-electron chi connectivity index (χ3n) is 4.97. The zero-order valence-electron chi connectivity index (χ0n) is 15.7. The summed E-state index contributed by atoms with van der Waals surface area (Å²) < 4.78 is 27.1. The van der Waals surface area contributed by atoms with Crippen molar-refractivity contribution < 1.29 is 18.0 Å². The number of hydrogen-bond acceptors (Lipinski definition) is 4. The van der Waals surface area contributed by atoms with Crippen molar-refractivity contribution in [1.82, 2.24) is 14.5 Å². The van der Waals surface area contributed by atoms with E-state index >= 15 is 0 Å². The molecule has 1 aliphatic carbocycles. The van der Waals surface area contributed by atoms with Crippen LogP contribution in [-0.4, -0.2) is 62.2 Å². The predicted octanol–water partition coefficient (Wildman–Crippen LogP) is 1.60. The summed E-state index contributed by atoms with van der Waals surface area (Å²) in [7, 11) is -1.96. The lowest BCUT2D eigenvalue weighted by molar-refractivity contribution is -0.121. The number of amides is 2. The second-order valence-electron chi connectivity index (χ2n) is 7.35. The molecule has 0 bridgehead atoms. The molecule has 1 N–H and O–H groups in total. The van der Waals surface area contributed by atoms with Gasteiger partial charge in [0.2, 0.25) is 15.9 Å². The summed E-state index contributed by atoms with van der Waals surface area (Å²) in [5.74, 6) is -0.478. The molecule has 2 aliphatic rings.